The first-order chi connectivity index (χ1) is 10.7. The van der Waals surface area contributed by atoms with E-state index < -0.39 is 0 Å². The molecule has 0 spiro atoms. The Balaban J connectivity index is 0.00000264. The molecule has 0 fully saturated rings. The average Bonchev–Trinajstić information content (AvgIpc) is 3.03. The van der Waals surface area contributed by atoms with E-state index in [0.717, 1.165) is 36.5 Å². The Kier molecular flexibility index (Phi) is 9.23. The molecule has 0 saturated carbocycles. The SMILES string of the molecule is CN=C(NCCCn1cccn1)N(C)Cc1ccccc1Br.I. The fraction of sp³-hybridized carbons (Fsp3) is 0.375. The van der Waals surface area contributed by atoms with E-state index in [9.17, 15) is 0 Å². The summed E-state index contributed by atoms with van der Waals surface area (Å²) in [6, 6.07) is 10.2. The summed E-state index contributed by atoms with van der Waals surface area (Å²) in [5.74, 6) is 0.899. The van der Waals surface area contributed by atoms with Crippen LogP contribution < -0.4 is 5.32 Å². The highest BCUT2D eigenvalue weighted by Gasteiger charge is 2.08. The molecular formula is C16H23BrIN5. The lowest BCUT2D eigenvalue weighted by Crippen LogP contribution is -2.39. The smallest absolute Gasteiger partial charge is 0.193 e. The first kappa shape index (κ1) is 20.0. The molecule has 23 heavy (non-hydrogen) atoms. The van der Waals surface area contributed by atoms with Crippen molar-refractivity contribution >= 4 is 45.9 Å². The highest BCUT2D eigenvalue weighted by atomic mass is 127. The lowest BCUT2D eigenvalue weighted by Gasteiger charge is -2.22. The second-order valence-corrected chi connectivity index (χ2v) is 5.90. The summed E-state index contributed by atoms with van der Waals surface area (Å²) in [6.45, 7) is 2.58. The third-order valence-corrected chi connectivity index (χ3v) is 4.12. The van der Waals surface area contributed by atoms with E-state index in [2.05, 4.69) is 48.4 Å². The minimum Gasteiger partial charge on any atom is -0.356 e. The van der Waals surface area contributed by atoms with Gasteiger partial charge in [0.05, 0.1) is 0 Å². The van der Waals surface area contributed by atoms with Gasteiger partial charge >= 0.3 is 0 Å². The predicted octanol–water partition coefficient (Wildman–Crippen LogP) is 3.36. The molecule has 1 heterocycles. The van der Waals surface area contributed by atoms with Crippen molar-refractivity contribution in [2.75, 3.05) is 20.6 Å². The van der Waals surface area contributed by atoms with Crippen LogP contribution in [-0.2, 0) is 13.1 Å². The van der Waals surface area contributed by atoms with Crippen molar-refractivity contribution in [2.45, 2.75) is 19.5 Å². The molecule has 0 radical (unpaired) electrons. The molecular weight excluding hydrogens is 469 g/mol. The minimum atomic E-state index is 0. The third kappa shape index (κ3) is 6.50. The van der Waals surface area contributed by atoms with Gasteiger partial charge in [-0.1, -0.05) is 34.1 Å². The lowest BCUT2D eigenvalue weighted by atomic mass is 10.2. The minimum absolute atomic E-state index is 0. The van der Waals surface area contributed by atoms with Crippen molar-refractivity contribution in [2.24, 2.45) is 4.99 Å². The number of hydrogen-bond acceptors (Lipinski definition) is 2. The van der Waals surface area contributed by atoms with Crippen LogP contribution in [-0.4, -0.2) is 41.3 Å². The highest BCUT2D eigenvalue weighted by molar-refractivity contribution is 14.0. The topological polar surface area (TPSA) is 45.5 Å². The molecule has 0 amide bonds. The van der Waals surface area contributed by atoms with Crippen molar-refractivity contribution in [3.8, 4) is 0 Å². The Labute approximate surface area is 163 Å². The number of aromatic nitrogens is 2. The van der Waals surface area contributed by atoms with Crippen LogP contribution in [0, 0.1) is 0 Å². The quantitative estimate of drug-likeness (QED) is 0.291. The number of aliphatic imine (C=N–C) groups is 1. The molecule has 0 aliphatic carbocycles. The zero-order valence-electron chi connectivity index (χ0n) is 13.4. The van der Waals surface area contributed by atoms with E-state index in [4.69, 9.17) is 0 Å². The summed E-state index contributed by atoms with van der Waals surface area (Å²) in [5.41, 5.74) is 1.24. The maximum absolute atomic E-state index is 4.34. The summed E-state index contributed by atoms with van der Waals surface area (Å²) >= 11 is 3.59. The zero-order valence-corrected chi connectivity index (χ0v) is 17.4. The maximum Gasteiger partial charge on any atom is 0.193 e. The van der Waals surface area contributed by atoms with Gasteiger partial charge in [0.15, 0.2) is 5.96 Å². The van der Waals surface area contributed by atoms with Crippen molar-refractivity contribution in [1.82, 2.24) is 20.0 Å². The number of guanidine groups is 1. The van der Waals surface area contributed by atoms with Gasteiger partial charge in [-0.3, -0.25) is 9.67 Å². The third-order valence-electron chi connectivity index (χ3n) is 3.35. The van der Waals surface area contributed by atoms with Crippen LogP contribution >= 0.6 is 39.9 Å². The molecule has 0 aliphatic heterocycles. The largest absolute Gasteiger partial charge is 0.356 e. The van der Waals surface area contributed by atoms with Crippen molar-refractivity contribution in [3.63, 3.8) is 0 Å². The highest BCUT2D eigenvalue weighted by Crippen LogP contribution is 2.17. The average molecular weight is 492 g/mol. The molecule has 0 aliphatic rings. The first-order valence-electron chi connectivity index (χ1n) is 7.33. The molecule has 0 atom stereocenters. The maximum atomic E-state index is 4.34. The molecule has 5 nitrogen and oxygen atoms in total. The summed E-state index contributed by atoms with van der Waals surface area (Å²) in [4.78, 5) is 6.46. The number of halogens is 2. The predicted molar refractivity (Wildman–Crippen MR) is 109 cm³/mol. The van der Waals surface area contributed by atoms with Gasteiger partial charge < -0.3 is 10.2 Å². The molecule has 7 heteroatoms. The van der Waals surface area contributed by atoms with Gasteiger partial charge in [0.2, 0.25) is 0 Å². The monoisotopic (exact) mass is 491 g/mol. The zero-order chi connectivity index (χ0) is 15.8. The molecule has 0 saturated heterocycles. The van der Waals surface area contributed by atoms with Crippen molar-refractivity contribution < 1.29 is 0 Å². The lowest BCUT2D eigenvalue weighted by molar-refractivity contribution is 0.470. The van der Waals surface area contributed by atoms with Gasteiger partial charge in [0.25, 0.3) is 0 Å². The summed E-state index contributed by atoms with van der Waals surface area (Å²) < 4.78 is 3.06. The van der Waals surface area contributed by atoms with E-state index in [-0.39, 0.29) is 24.0 Å². The molecule has 1 aromatic heterocycles. The van der Waals surface area contributed by atoms with Crippen LogP contribution in [0.15, 0.2) is 52.2 Å². The van der Waals surface area contributed by atoms with Gasteiger partial charge in [-0.2, -0.15) is 5.10 Å². The van der Waals surface area contributed by atoms with Crippen LogP contribution in [0.5, 0.6) is 0 Å². The summed E-state index contributed by atoms with van der Waals surface area (Å²) in [5, 5.41) is 7.59. The standard InChI is InChI=1S/C16H22BrN5.HI/c1-18-16(19-9-5-11-22-12-6-10-20-22)21(2)13-14-7-3-4-8-15(14)17;/h3-4,6-8,10,12H,5,9,11,13H2,1-2H3,(H,18,19);1H. The number of nitrogens with one attached hydrogen (secondary N) is 1. The second-order valence-electron chi connectivity index (χ2n) is 5.04. The van der Waals surface area contributed by atoms with Gasteiger partial charge in [-0.05, 0) is 24.1 Å². The van der Waals surface area contributed by atoms with Crippen molar-refractivity contribution in [1.29, 1.82) is 0 Å². The first-order valence-corrected chi connectivity index (χ1v) is 8.12. The van der Waals surface area contributed by atoms with E-state index in [1.54, 1.807) is 6.20 Å². The molecule has 1 aromatic carbocycles. The molecule has 0 bridgehead atoms. The van der Waals surface area contributed by atoms with E-state index in [1.807, 2.05) is 43.2 Å². The Morgan fingerprint density at radius 3 is 2.78 bits per heavy atom. The fourth-order valence-electron chi connectivity index (χ4n) is 2.22. The van der Waals surface area contributed by atoms with Crippen LogP contribution in [0.1, 0.15) is 12.0 Å². The Morgan fingerprint density at radius 2 is 2.13 bits per heavy atom. The number of benzene rings is 1. The molecule has 2 aromatic rings. The van der Waals surface area contributed by atoms with Gasteiger partial charge in [0.1, 0.15) is 0 Å². The summed E-state index contributed by atoms with van der Waals surface area (Å²) in [7, 11) is 3.86. The Bertz CT molecular complexity index is 600. The number of aryl methyl sites for hydroxylation is 1. The van der Waals surface area contributed by atoms with E-state index in [0.29, 0.717) is 0 Å². The van der Waals surface area contributed by atoms with Crippen LogP contribution in [0.2, 0.25) is 0 Å². The fourth-order valence-corrected chi connectivity index (χ4v) is 2.63. The van der Waals surface area contributed by atoms with Gasteiger partial charge in [-0.15, -0.1) is 24.0 Å². The normalized spacial score (nSPS) is 11.0. The number of rotatable bonds is 6. The van der Waals surface area contributed by atoms with Crippen molar-refractivity contribution in [3.05, 3.63) is 52.8 Å². The Hall–Kier alpha value is -1.09. The molecule has 126 valence electrons. The van der Waals surface area contributed by atoms with E-state index >= 15 is 0 Å². The number of nitrogens with zero attached hydrogens (tertiary/aromatic N) is 4. The molecule has 2 rings (SSSR count). The van der Waals surface area contributed by atoms with Crippen LogP contribution in [0.25, 0.3) is 0 Å². The molecule has 0 unspecified atom stereocenters. The van der Waals surface area contributed by atoms with Crippen LogP contribution in [0.3, 0.4) is 0 Å². The van der Waals surface area contributed by atoms with Gasteiger partial charge in [-0.25, -0.2) is 0 Å². The summed E-state index contributed by atoms with van der Waals surface area (Å²) in [6.07, 6.45) is 4.79. The van der Waals surface area contributed by atoms with E-state index in [1.165, 1.54) is 5.56 Å². The van der Waals surface area contributed by atoms with Gasteiger partial charge in [0, 0.05) is 50.6 Å². The Morgan fingerprint density at radius 1 is 1.35 bits per heavy atom. The second kappa shape index (κ2) is 10.6. The number of hydrogen-bond donors (Lipinski definition) is 1. The van der Waals surface area contributed by atoms with Crippen LogP contribution in [0.4, 0.5) is 0 Å². The molecule has 1 N–H and O–H groups in total.